The van der Waals surface area contributed by atoms with E-state index < -0.39 is 97.5 Å². The number of carbonyl (C=O) groups is 4. The van der Waals surface area contributed by atoms with Crippen molar-refractivity contribution in [2.45, 2.75) is 331 Å². The molecule has 0 heterocycles. The number of carbonyl (C=O) groups excluding carboxylic acids is 4. The smallest absolute Gasteiger partial charge is 0.462 e. The maximum atomic E-state index is 13.0. The number of hydrogen-bond acceptors (Lipinski definition) is 15. The topological polar surface area (TPSA) is 237 Å². The van der Waals surface area contributed by atoms with Crippen molar-refractivity contribution < 1.29 is 80.2 Å². The Bertz CT molecular complexity index is 1680. The monoisotopic (exact) mass is 1240 g/mol. The molecule has 3 unspecified atom stereocenters. The van der Waals surface area contributed by atoms with E-state index in [-0.39, 0.29) is 25.7 Å². The van der Waals surface area contributed by atoms with Gasteiger partial charge in [-0.25, -0.2) is 9.13 Å². The van der Waals surface area contributed by atoms with E-state index in [1.165, 1.54) is 109 Å². The number of unbranched alkanes of at least 4 members (excludes halogenated alkanes) is 27. The predicted molar refractivity (Wildman–Crippen MR) is 335 cm³/mol. The first-order valence-corrected chi connectivity index (χ1v) is 36.7. The molecule has 0 aliphatic rings. The Morgan fingerprint density at radius 3 is 0.845 bits per heavy atom. The zero-order chi connectivity index (χ0) is 62.5. The molecule has 0 aliphatic heterocycles. The number of hydrogen-bond donors (Lipinski definition) is 3. The van der Waals surface area contributed by atoms with Gasteiger partial charge in [-0.05, 0) is 49.4 Å². The Labute approximate surface area is 511 Å². The fourth-order valence-electron chi connectivity index (χ4n) is 9.57. The molecule has 498 valence electrons. The molecule has 17 nitrogen and oxygen atoms in total. The summed E-state index contributed by atoms with van der Waals surface area (Å²) in [4.78, 5) is 72.2. The van der Waals surface area contributed by atoms with Gasteiger partial charge in [0.15, 0.2) is 12.2 Å². The summed E-state index contributed by atoms with van der Waals surface area (Å²) in [6, 6.07) is 0. The number of ether oxygens (including phenoxy) is 4. The highest BCUT2D eigenvalue weighted by molar-refractivity contribution is 7.47. The standard InChI is InChI=1S/C65H126O17P2/c1-9-58(8)44-36-28-18-14-10-11-15-19-29-37-45-62(67)75-51-60(81-64(69)47-39-31-20-16-12-13-17-25-33-41-55(2)3)53-79-83(71,72)77-49-59(66)50-78-84(73,74)80-54-61(82-65(70)48-40-32-24-22-27-35-43-57(6)7)52-76-63(68)46-38-30-23-21-26-34-42-56(4)5/h55-61,66H,9-54H2,1-8H3,(H,71,72)(H,73,74)/t58?,59-,60-,61-/m1/s1. The lowest BCUT2D eigenvalue weighted by atomic mass is 9.99. The van der Waals surface area contributed by atoms with Gasteiger partial charge in [-0.1, -0.05) is 261 Å². The molecule has 19 heteroatoms. The quantitative estimate of drug-likeness (QED) is 0.0222. The highest BCUT2D eigenvalue weighted by atomic mass is 31.2. The molecule has 0 fully saturated rings. The maximum Gasteiger partial charge on any atom is 0.472 e. The maximum absolute atomic E-state index is 13.0. The van der Waals surface area contributed by atoms with E-state index in [0.29, 0.717) is 37.5 Å². The van der Waals surface area contributed by atoms with Crippen LogP contribution in [0.1, 0.15) is 312 Å². The molecule has 0 rings (SSSR count). The van der Waals surface area contributed by atoms with Crippen LogP contribution in [0.15, 0.2) is 0 Å². The Balaban J connectivity index is 5.24. The third-order valence-electron chi connectivity index (χ3n) is 15.2. The average molecular weight is 1240 g/mol. The molecule has 84 heavy (non-hydrogen) atoms. The Kier molecular flexibility index (Phi) is 53.9. The molecule has 0 amide bonds. The second-order valence-electron chi connectivity index (χ2n) is 25.2. The summed E-state index contributed by atoms with van der Waals surface area (Å²) in [5.41, 5.74) is 0. The van der Waals surface area contributed by atoms with E-state index in [1.807, 2.05) is 0 Å². The van der Waals surface area contributed by atoms with E-state index in [1.54, 1.807) is 0 Å². The predicted octanol–water partition coefficient (Wildman–Crippen LogP) is 17.8. The number of esters is 4. The van der Waals surface area contributed by atoms with Crippen molar-refractivity contribution in [3.63, 3.8) is 0 Å². The number of rotatable bonds is 62. The molecule has 0 bridgehead atoms. The number of aliphatic hydroxyl groups excluding tert-OH is 1. The molecule has 0 spiro atoms. The number of aliphatic hydroxyl groups is 1. The van der Waals surface area contributed by atoms with Gasteiger partial charge in [0.05, 0.1) is 26.4 Å². The summed E-state index contributed by atoms with van der Waals surface area (Å²) in [6.45, 7) is 13.9. The molecule has 6 atom stereocenters. The molecule has 3 N–H and O–H groups in total. The number of phosphoric acid groups is 2. The van der Waals surface area contributed by atoms with Crippen LogP contribution >= 0.6 is 15.6 Å². The highest BCUT2D eigenvalue weighted by Gasteiger charge is 2.30. The molecule has 0 aromatic heterocycles. The van der Waals surface area contributed by atoms with Gasteiger partial charge in [-0.15, -0.1) is 0 Å². The second kappa shape index (κ2) is 55.2. The van der Waals surface area contributed by atoms with Gasteiger partial charge in [-0.3, -0.25) is 37.3 Å². The Morgan fingerprint density at radius 1 is 0.333 bits per heavy atom. The molecule has 0 aromatic rings. The van der Waals surface area contributed by atoms with E-state index in [0.717, 1.165) is 108 Å². The van der Waals surface area contributed by atoms with Gasteiger partial charge in [0.1, 0.15) is 19.3 Å². The van der Waals surface area contributed by atoms with Crippen LogP contribution in [0.25, 0.3) is 0 Å². The first-order valence-electron chi connectivity index (χ1n) is 33.7. The largest absolute Gasteiger partial charge is 0.472 e. The fourth-order valence-corrected chi connectivity index (χ4v) is 11.2. The Hall–Kier alpha value is -1.94. The fraction of sp³-hybridized carbons (Fsp3) is 0.938. The van der Waals surface area contributed by atoms with Crippen LogP contribution in [0, 0.1) is 23.7 Å². The normalized spacial score (nSPS) is 14.7. The van der Waals surface area contributed by atoms with Gasteiger partial charge in [0.25, 0.3) is 0 Å². The minimum Gasteiger partial charge on any atom is -0.462 e. The molecule has 0 radical (unpaired) electrons. The van der Waals surface area contributed by atoms with Crippen molar-refractivity contribution in [1.82, 2.24) is 0 Å². The zero-order valence-corrected chi connectivity index (χ0v) is 56.3. The Morgan fingerprint density at radius 2 is 0.571 bits per heavy atom. The van der Waals surface area contributed by atoms with E-state index in [2.05, 4.69) is 55.4 Å². The van der Waals surface area contributed by atoms with Gasteiger partial charge < -0.3 is 33.8 Å². The molecule has 0 saturated heterocycles. The average Bonchev–Trinajstić information content (AvgIpc) is 3.46. The summed E-state index contributed by atoms with van der Waals surface area (Å²) < 4.78 is 68.0. The van der Waals surface area contributed by atoms with Crippen LogP contribution in [0.4, 0.5) is 0 Å². The van der Waals surface area contributed by atoms with Gasteiger partial charge >= 0.3 is 39.5 Å². The van der Waals surface area contributed by atoms with E-state index >= 15 is 0 Å². The highest BCUT2D eigenvalue weighted by Crippen LogP contribution is 2.45. The van der Waals surface area contributed by atoms with Crippen LogP contribution in [-0.2, 0) is 65.4 Å². The first-order chi connectivity index (χ1) is 40.1. The minimum absolute atomic E-state index is 0.100. The van der Waals surface area contributed by atoms with Crippen molar-refractivity contribution in [2.75, 3.05) is 39.6 Å². The lowest BCUT2D eigenvalue weighted by Crippen LogP contribution is -2.30. The van der Waals surface area contributed by atoms with Gasteiger partial charge in [0, 0.05) is 25.7 Å². The van der Waals surface area contributed by atoms with Crippen molar-refractivity contribution >= 4 is 39.5 Å². The minimum atomic E-state index is -4.95. The van der Waals surface area contributed by atoms with Crippen molar-refractivity contribution in [1.29, 1.82) is 0 Å². The van der Waals surface area contributed by atoms with Crippen molar-refractivity contribution in [3.8, 4) is 0 Å². The summed E-state index contributed by atoms with van der Waals surface area (Å²) in [5.74, 6) is 0.752. The third-order valence-corrected chi connectivity index (χ3v) is 17.1. The lowest BCUT2D eigenvalue weighted by Gasteiger charge is -2.21. The van der Waals surface area contributed by atoms with Crippen LogP contribution in [0.2, 0.25) is 0 Å². The van der Waals surface area contributed by atoms with Crippen LogP contribution in [0.3, 0.4) is 0 Å². The van der Waals surface area contributed by atoms with Gasteiger partial charge in [-0.2, -0.15) is 0 Å². The summed E-state index contributed by atoms with van der Waals surface area (Å²) in [7, 11) is -9.89. The lowest BCUT2D eigenvalue weighted by molar-refractivity contribution is -0.161. The summed E-state index contributed by atoms with van der Waals surface area (Å²) >= 11 is 0. The molecule has 0 saturated carbocycles. The molecule has 0 aromatic carbocycles. The van der Waals surface area contributed by atoms with Crippen molar-refractivity contribution in [2.24, 2.45) is 23.7 Å². The first kappa shape index (κ1) is 82.1. The second-order valence-corrected chi connectivity index (χ2v) is 28.1. The number of phosphoric ester groups is 2. The van der Waals surface area contributed by atoms with Crippen LogP contribution in [0.5, 0.6) is 0 Å². The summed E-state index contributed by atoms with van der Waals surface area (Å²) in [5, 5.41) is 10.5. The third kappa shape index (κ3) is 57.8. The summed E-state index contributed by atoms with van der Waals surface area (Å²) in [6.07, 6.45) is 35.1. The van der Waals surface area contributed by atoms with Crippen LogP contribution < -0.4 is 0 Å². The van der Waals surface area contributed by atoms with Gasteiger partial charge in [0.2, 0.25) is 0 Å². The van der Waals surface area contributed by atoms with Crippen molar-refractivity contribution in [3.05, 3.63) is 0 Å². The van der Waals surface area contributed by atoms with Crippen LogP contribution in [-0.4, -0.2) is 96.7 Å². The van der Waals surface area contributed by atoms with E-state index in [4.69, 9.17) is 37.0 Å². The zero-order valence-electron chi connectivity index (χ0n) is 54.5. The molecular formula is C65H126O17P2. The molecule has 0 aliphatic carbocycles. The molecular weight excluding hydrogens is 1110 g/mol. The SMILES string of the molecule is CCC(C)CCCCCCCCCCCCC(=O)OC[C@H](COP(=O)(O)OC[C@@H](O)COP(=O)(O)OC[C@@H](COC(=O)CCCCCCCCC(C)C)OC(=O)CCCCCCCCC(C)C)OC(=O)CCCCCCCCCCCC(C)C. The van der Waals surface area contributed by atoms with E-state index in [9.17, 15) is 43.2 Å².